The summed E-state index contributed by atoms with van der Waals surface area (Å²) in [7, 11) is 0. The van der Waals surface area contributed by atoms with Crippen LogP contribution in [-0.2, 0) is 11.2 Å². The molecule has 2 rings (SSSR count). The van der Waals surface area contributed by atoms with E-state index in [1.54, 1.807) is 0 Å². The Morgan fingerprint density at radius 3 is 3.31 bits per heavy atom. The topological polar surface area (TPSA) is 61.0 Å². The molecule has 0 amide bonds. The van der Waals surface area contributed by atoms with Crippen molar-refractivity contribution < 1.29 is 4.74 Å². The number of hydrogen-bond donors (Lipinski definition) is 1. The van der Waals surface area contributed by atoms with E-state index in [-0.39, 0.29) is 6.04 Å². The van der Waals surface area contributed by atoms with E-state index >= 15 is 0 Å². The number of nitrogens with two attached hydrogens (primary N) is 1. The number of ether oxygens (including phenoxy) is 1. The molecule has 0 radical (unpaired) electrons. The largest absolute Gasteiger partial charge is 0.381 e. The highest BCUT2D eigenvalue weighted by molar-refractivity contribution is 6.99. The van der Waals surface area contributed by atoms with E-state index in [0.717, 1.165) is 31.7 Å². The predicted octanol–water partition coefficient (Wildman–Crippen LogP) is 0.444. The Morgan fingerprint density at radius 1 is 1.69 bits per heavy atom. The summed E-state index contributed by atoms with van der Waals surface area (Å²) in [5.74, 6) is 0.414. The van der Waals surface area contributed by atoms with Gasteiger partial charge in [-0.15, -0.1) is 0 Å². The van der Waals surface area contributed by atoms with Crippen molar-refractivity contribution in [3.05, 3.63) is 11.9 Å². The van der Waals surface area contributed by atoms with Gasteiger partial charge in [0.1, 0.15) is 0 Å². The van der Waals surface area contributed by atoms with Crippen LogP contribution >= 0.6 is 11.7 Å². The molecule has 2 N–H and O–H groups in total. The summed E-state index contributed by atoms with van der Waals surface area (Å²) >= 11 is 1.25. The molecule has 0 aromatic carbocycles. The normalized spacial score (nSPS) is 29.0. The van der Waals surface area contributed by atoms with Crippen molar-refractivity contribution in [2.45, 2.75) is 18.9 Å². The van der Waals surface area contributed by atoms with Crippen LogP contribution in [-0.4, -0.2) is 28.0 Å². The van der Waals surface area contributed by atoms with Crippen LogP contribution in [0.15, 0.2) is 6.20 Å². The molecule has 2 heterocycles. The molecular weight excluding hydrogens is 186 g/mol. The number of aromatic nitrogens is 2. The number of rotatable bonds is 2. The van der Waals surface area contributed by atoms with Gasteiger partial charge in [-0.2, -0.15) is 8.75 Å². The van der Waals surface area contributed by atoms with Crippen LogP contribution < -0.4 is 5.73 Å². The molecule has 0 aliphatic carbocycles. The van der Waals surface area contributed by atoms with Crippen LogP contribution in [0.1, 0.15) is 12.1 Å². The maximum atomic E-state index is 5.97. The van der Waals surface area contributed by atoms with Crippen molar-refractivity contribution >= 4 is 11.7 Å². The Kier molecular flexibility index (Phi) is 2.87. The lowest BCUT2D eigenvalue weighted by atomic mass is 9.92. The molecule has 1 aromatic rings. The molecular formula is C8H13N3OS. The van der Waals surface area contributed by atoms with E-state index in [1.165, 1.54) is 11.7 Å². The van der Waals surface area contributed by atoms with Gasteiger partial charge >= 0.3 is 0 Å². The molecule has 0 bridgehead atoms. The molecule has 2 unspecified atom stereocenters. The van der Waals surface area contributed by atoms with Crippen LogP contribution in [0.25, 0.3) is 0 Å². The molecule has 1 aliphatic rings. The molecule has 5 heteroatoms. The highest BCUT2D eigenvalue weighted by Crippen LogP contribution is 2.17. The maximum absolute atomic E-state index is 5.97. The second-order valence-corrected chi connectivity index (χ2v) is 3.95. The molecule has 1 aliphatic heterocycles. The smallest absolute Gasteiger partial charge is 0.0747 e. The zero-order valence-corrected chi connectivity index (χ0v) is 8.17. The Bertz CT molecular complexity index is 252. The van der Waals surface area contributed by atoms with Gasteiger partial charge < -0.3 is 10.5 Å². The average Bonchev–Trinajstić information content (AvgIpc) is 2.61. The van der Waals surface area contributed by atoms with Crippen LogP contribution in [0.3, 0.4) is 0 Å². The molecule has 0 saturated carbocycles. The van der Waals surface area contributed by atoms with Crippen molar-refractivity contribution in [3.63, 3.8) is 0 Å². The maximum Gasteiger partial charge on any atom is 0.0747 e. The second kappa shape index (κ2) is 4.13. The van der Waals surface area contributed by atoms with E-state index in [4.69, 9.17) is 10.5 Å². The highest BCUT2D eigenvalue weighted by atomic mass is 32.1. The van der Waals surface area contributed by atoms with Gasteiger partial charge in [0.2, 0.25) is 0 Å². The summed E-state index contributed by atoms with van der Waals surface area (Å²) in [5, 5.41) is 0. The first-order chi connectivity index (χ1) is 6.36. The van der Waals surface area contributed by atoms with E-state index in [9.17, 15) is 0 Å². The minimum atomic E-state index is 0.260. The standard InChI is InChI=1S/C8H13N3OS/c9-8-1-2-12-5-6(8)3-7-4-10-13-11-7/h4,6,8H,1-3,5,9H2. The summed E-state index contributed by atoms with van der Waals surface area (Å²) in [6, 6.07) is 0.260. The predicted molar refractivity (Wildman–Crippen MR) is 50.5 cm³/mol. The first-order valence-corrected chi connectivity index (χ1v) is 5.19. The van der Waals surface area contributed by atoms with Gasteiger partial charge in [-0.3, -0.25) is 0 Å². The average molecular weight is 199 g/mol. The van der Waals surface area contributed by atoms with E-state index in [2.05, 4.69) is 8.75 Å². The van der Waals surface area contributed by atoms with Crippen LogP contribution in [0, 0.1) is 5.92 Å². The van der Waals surface area contributed by atoms with E-state index in [1.807, 2.05) is 6.20 Å². The van der Waals surface area contributed by atoms with Crippen molar-refractivity contribution in [2.75, 3.05) is 13.2 Å². The number of hydrogen-bond acceptors (Lipinski definition) is 5. The minimum absolute atomic E-state index is 0.260. The highest BCUT2D eigenvalue weighted by Gasteiger charge is 2.23. The lowest BCUT2D eigenvalue weighted by Crippen LogP contribution is -2.39. The van der Waals surface area contributed by atoms with Gasteiger partial charge in [0.25, 0.3) is 0 Å². The third-order valence-corrected chi connectivity index (χ3v) is 2.93. The van der Waals surface area contributed by atoms with Crippen LogP contribution in [0.2, 0.25) is 0 Å². The molecule has 1 aromatic heterocycles. The van der Waals surface area contributed by atoms with Crippen molar-refractivity contribution in [2.24, 2.45) is 11.7 Å². The lowest BCUT2D eigenvalue weighted by Gasteiger charge is -2.27. The Hall–Kier alpha value is -0.520. The first-order valence-electron chi connectivity index (χ1n) is 4.46. The van der Waals surface area contributed by atoms with E-state index in [0.29, 0.717) is 5.92 Å². The molecule has 0 spiro atoms. The molecule has 2 atom stereocenters. The van der Waals surface area contributed by atoms with Crippen LogP contribution in [0.5, 0.6) is 0 Å². The molecule has 4 nitrogen and oxygen atoms in total. The van der Waals surface area contributed by atoms with Gasteiger partial charge in [0.15, 0.2) is 0 Å². The van der Waals surface area contributed by atoms with Gasteiger partial charge in [-0.1, -0.05) is 0 Å². The lowest BCUT2D eigenvalue weighted by molar-refractivity contribution is 0.0419. The van der Waals surface area contributed by atoms with Crippen molar-refractivity contribution in [1.82, 2.24) is 8.75 Å². The Morgan fingerprint density at radius 2 is 2.62 bits per heavy atom. The quantitative estimate of drug-likeness (QED) is 0.751. The van der Waals surface area contributed by atoms with Gasteiger partial charge in [0, 0.05) is 18.6 Å². The summed E-state index contributed by atoms with van der Waals surface area (Å²) < 4.78 is 13.5. The zero-order chi connectivity index (χ0) is 9.10. The van der Waals surface area contributed by atoms with Crippen LogP contribution in [0.4, 0.5) is 0 Å². The molecule has 1 saturated heterocycles. The SMILES string of the molecule is NC1CCOCC1Cc1cnsn1. The molecule has 72 valence electrons. The minimum Gasteiger partial charge on any atom is -0.381 e. The summed E-state index contributed by atoms with van der Waals surface area (Å²) in [4.78, 5) is 0. The van der Waals surface area contributed by atoms with Gasteiger partial charge in [-0.25, -0.2) is 0 Å². The summed E-state index contributed by atoms with van der Waals surface area (Å²) in [5.41, 5.74) is 7.01. The third kappa shape index (κ3) is 2.24. The summed E-state index contributed by atoms with van der Waals surface area (Å²) in [6.07, 6.45) is 3.67. The van der Waals surface area contributed by atoms with Gasteiger partial charge in [-0.05, 0) is 12.8 Å². The Balaban J connectivity index is 1.93. The Labute approximate surface area is 81.4 Å². The zero-order valence-electron chi connectivity index (χ0n) is 7.35. The fraction of sp³-hybridized carbons (Fsp3) is 0.750. The van der Waals surface area contributed by atoms with Crippen molar-refractivity contribution in [1.29, 1.82) is 0 Å². The monoisotopic (exact) mass is 199 g/mol. The fourth-order valence-corrected chi connectivity index (χ4v) is 2.01. The molecule has 13 heavy (non-hydrogen) atoms. The molecule has 1 fully saturated rings. The third-order valence-electron chi connectivity index (χ3n) is 2.41. The van der Waals surface area contributed by atoms with Crippen molar-refractivity contribution in [3.8, 4) is 0 Å². The number of nitrogens with zero attached hydrogens (tertiary/aromatic N) is 2. The second-order valence-electron chi connectivity index (χ2n) is 3.39. The fourth-order valence-electron chi connectivity index (χ4n) is 1.57. The van der Waals surface area contributed by atoms with E-state index < -0.39 is 0 Å². The first kappa shape index (κ1) is 9.05. The van der Waals surface area contributed by atoms with Gasteiger partial charge in [0.05, 0.1) is 30.2 Å². The summed E-state index contributed by atoms with van der Waals surface area (Å²) in [6.45, 7) is 1.56.